The fraction of sp³-hybridized carbons (Fsp3) is 0. The first-order valence-corrected chi connectivity index (χ1v) is 17.4. The Balaban J connectivity index is 1.08. The Morgan fingerprint density at radius 3 is 1.62 bits per heavy atom. The highest BCUT2D eigenvalue weighted by Gasteiger charge is 2.14. The standard InChI is InChI=1S/C49H31N3/c50-32-33-28-39(34-17-21-37(22-18-34)47-15-8-9-27-51-47)30-40(29-33)42-26-25-41(43-12-4-5-13-44(42)43)36-19-23-38(24-20-36)49-31-46(35-10-2-1-3-11-35)45-14-6-7-16-48(45)52-49/h1-31H. The molecule has 0 radical (unpaired) electrons. The lowest BCUT2D eigenvalue weighted by Crippen LogP contribution is -1.91. The number of nitrogens with zero attached hydrogens (tertiary/aromatic N) is 3. The van der Waals surface area contributed by atoms with Crippen LogP contribution in [0.4, 0.5) is 0 Å². The molecule has 0 bridgehead atoms. The van der Waals surface area contributed by atoms with E-state index in [9.17, 15) is 5.26 Å². The van der Waals surface area contributed by atoms with Crippen LogP contribution in [-0.4, -0.2) is 9.97 Å². The number of fused-ring (bicyclic) bond motifs is 2. The van der Waals surface area contributed by atoms with Gasteiger partial charge >= 0.3 is 0 Å². The average molecular weight is 662 g/mol. The van der Waals surface area contributed by atoms with Gasteiger partial charge in [-0.15, -0.1) is 0 Å². The van der Waals surface area contributed by atoms with Gasteiger partial charge in [0.2, 0.25) is 0 Å². The Kier molecular flexibility index (Phi) is 7.89. The first-order valence-electron chi connectivity index (χ1n) is 17.4. The van der Waals surface area contributed by atoms with Crippen LogP contribution in [-0.2, 0) is 0 Å². The van der Waals surface area contributed by atoms with Gasteiger partial charge in [0.25, 0.3) is 0 Å². The van der Waals surface area contributed by atoms with Gasteiger partial charge in [-0.2, -0.15) is 5.26 Å². The quantitative estimate of drug-likeness (QED) is 0.178. The molecule has 9 aromatic rings. The number of benzene rings is 7. The van der Waals surface area contributed by atoms with E-state index in [1.54, 1.807) is 0 Å². The van der Waals surface area contributed by atoms with Crippen LogP contribution in [0.3, 0.4) is 0 Å². The van der Waals surface area contributed by atoms with Crippen molar-refractivity contribution in [3.63, 3.8) is 0 Å². The van der Waals surface area contributed by atoms with Gasteiger partial charge in [0, 0.05) is 22.7 Å². The molecule has 2 heterocycles. The topological polar surface area (TPSA) is 49.6 Å². The lowest BCUT2D eigenvalue weighted by Gasteiger charge is -2.14. The highest BCUT2D eigenvalue weighted by atomic mass is 14.7. The molecule has 7 aromatic carbocycles. The molecule has 2 aromatic heterocycles. The molecule has 3 nitrogen and oxygen atoms in total. The van der Waals surface area contributed by atoms with Gasteiger partial charge in [-0.05, 0) is 97.7 Å². The zero-order chi connectivity index (χ0) is 34.9. The second kappa shape index (κ2) is 13.3. The lowest BCUT2D eigenvalue weighted by molar-refractivity contribution is 1.33. The van der Waals surface area contributed by atoms with Crippen molar-refractivity contribution in [2.75, 3.05) is 0 Å². The third-order valence-corrected chi connectivity index (χ3v) is 9.77. The summed E-state index contributed by atoms with van der Waals surface area (Å²) in [5, 5.41) is 13.5. The van der Waals surface area contributed by atoms with Crippen molar-refractivity contribution >= 4 is 21.7 Å². The van der Waals surface area contributed by atoms with Gasteiger partial charge in [-0.3, -0.25) is 4.98 Å². The molecule has 0 aliphatic carbocycles. The van der Waals surface area contributed by atoms with Gasteiger partial charge in [0.05, 0.1) is 28.5 Å². The van der Waals surface area contributed by atoms with Crippen molar-refractivity contribution < 1.29 is 0 Å². The predicted octanol–water partition coefficient (Wildman–Crippen LogP) is 12.7. The Labute approximate surface area is 302 Å². The van der Waals surface area contributed by atoms with Crippen molar-refractivity contribution in [3.8, 4) is 73.1 Å². The Bertz CT molecular complexity index is 2760. The van der Waals surface area contributed by atoms with Crippen molar-refractivity contribution in [2.45, 2.75) is 0 Å². The van der Waals surface area contributed by atoms with Gasteiger partial charge in [-0.1, -0.05) is 140 Å². The van der Waals surface area contributed by atoms with Crippen LogP contribution in [0.5, 0.6) is 0 Å². The van der Waals surface area contributed by atoms with Crippen LogP contribution in [0, 0.1) is 11.3 Å². The van der Waals surface area contributed by atoms with Crippen molar-refractivity contribution in [3.05, 3.63) is 194 Å². The van der Waals surface area contributed by atoms with E-state index in [0.717, 1.165) is 77.6 Å². The summed E-state index contributed by atoms with van der Waals surface area (Å²) < 4.78 is 0. The van der Waals surface area contributed by atoms with Gasteiger partial charge in [0.15, 0.2) is 0 Å². The maximum atomic E-state index is 10.0. The molecule has 0 aliphatic rings. The second-order valence-electron chi connectivity index (χ2n) is 12.9. The first-order chi connectivity index (χ1) is 25.7. The number of pyridine rings is 2. The number of hydrogen-bond acceptors (Lipinski definition) is 3. The van der Waals surface area contributed by atoms with E-state index in [1.807, 2.05) is 48.7 Å². The number of rotatable bonds is 6. The van der Waals surface area contributed by atoms with E-state index in [1.165, 1.54) is 11.1 Å². The minimum absolute atomic E-state index is 0.628. The van der Waals surface area contributed by atoms with Crippen LogP contribution >= 0.6 is 0 Å². The Hall–Kier alpha value is -7.15. The summed E-state index contributed by atoms with van der Waals surface area (Å²) in [6.45, 7) is 0. The largest absolute Gasteiger partial charge is 0.256 e. The SMILES string of the molecule is N#Cc1cc(-c2ccc(-c3ccccn3)cc2)cc(-c2ccc(-c3ccc(-c4cc(-c5ccccc5)c5ccccc5n4)cc3)c3ccccc23)c1. The van der Waals surface area contributed by atoms with Gasteiger partial charge < -0.3 is 0 Å². The summed E-state index contributed by atoms with van der Waals surface area (Å²) in [5.41, 5.74) is 14.4. The minimum atomic E-state index is 0.628. The molecule has 0 aliphatic heterocycles. The number of nitriles is 1. The first kappa shape index (κ1) is 30.9. The molecular weight excluding hydrogens is 631 g/mol. The Morgan fingerprint density at radius 2 is 0.923 bits per heavy atom. The Morgan fingerprint density at radius 1 is 0.365 bits per heavy atom. The van der Waals surface area contributed by atoms with Crippen LogP contribution < -0.4 is 0 Å². The van der Waals surface area contributed by atoms with E-state index >= 15 is 0 Å². The summed E-state index contributed by atoms with van der Waals surface area (Å²) in [5.74, 6) is 0. The highest BCUT2D eigenvalue weighted by Crippen LogP contribution is 2.39. The second-order valence-corrected chi connectivity index (χ2v) is 12.9. The van der Waals surface area contributed by atoms with Crippen LogP contribution in [0.25, 0.3) is 88.7 Å². The minimum Gasteiger partial charge on any atom is -0.256 e. The summed E-state index contributed by atoms with van der Waals surface area (Å²) >= 11 is 0. The maximum Gasteiger partial charge on any atom is 0.0992 e. The number of aromatic nitrogens is 2. The summed E-state index contributed by atoms with van der Waals surface area (Å²) in [4.78, 5) is 9.55. The predicted molar refractivity (Wildman–Crippen MR) is 214 cm³/mol. The molecular formula is C49H31N3. The maximum absolute atomic E-state index is 10.0. The molecule has 52 heavy (non-hydrogen) atoms. The summed E-state index contributed by atoms with van der Waals surface area (Å²) in [7, 11) is 0. The van der Waals surface area contributed by atoms with Gasteiger partial charge in [0.1, 0.15) is 0 Å². The fourth-order valence-electron chi connectivity index (χ4n) is 7.18. The molecule has 242 valence electrons. The molecule has 0 unspecified atom stereocenters. The molecule has 0 saturated heterocycles. The normalized spacial score (nSPS) is 11.1. The number of para-hydroxylation sites is 1. The molecule has 0 N–H and O–H groups in total. The summed E-state index contributed by atoms with van der Waals surface area (Å²) in [6.07, 6.45) is 1.81. The van der Waals surface area contributed by atoms with Crippen LogP contribution in [0.2, 0.25) is 0 Å². The van der Waals surface area contributed by atoms with Crippen molar-refractivity contribution in [2.24, 2.45) is 0 Å². The average Bonchev–Trinajstić information content (AvgIpc) is 3.23. The van der Waals surface area contributed by atoms with E-state index in [-0.39, 0.29) is 0 Å². The van der Waals surface area contributed by atoms with E-state index < -0.39 is 0 Å². The molecule has 0 spiro atoms. The van der Waals surface area contributed by atoms with Crippen molar-refractivity contribution in [1.29, 1.82) is 5.26 Å². The molecule has 0 atom stereocenters. The molecule has 0 fully saturated rings. The highest BCUT2D eigenvalue weighted by molar-refractivity contribution is 6.05. The molecule has 0 saturated carbocycles. The summed E-state index contributed by atoms with van der Waals surface area (Å²) in [6, 6.07) is 65.6. The van der Waals surface area contributed by atoms with E-state index in [4.69, 9.17) is 4.98 Å². The zero-order valence-corrected chi connectivity index (χ0v) is 28.2. The van der Waals surface area contributed by atoms with E-state index in [0.29, 0.717) is 5.56 Å². The zero-order valence-electron chi connectivity index (χ0n) is 28.2. The fourth-order valence-corrected chi connectivity index (χ4v) is 7.18. The molecule has 3 heteroatoms. The van der Waals surface area contributed by atoms with Gasteiger partial charge in [-0.25, -0.2) is 4.98 Å². The monoisotopic (exact) mass is 661 g/mol. The molecule has 0 amide bonds. The number of hydrogen-bond donors (Lipinski definition) is 0. The third kappa shape index (κ3) is 5.79. The lowest BCUT2D eigenvalue weighted by atomic mass is 9.89. The third-order valence-electron chi connectivity index (χ3n) is 9.77. The van der Waals surface area contributed by atoms with Crippen LogP contribution in [0.1, 0.15) is 5.56 Å². The smallest absolute Gasteiger partial charge is 0.0992 e. The molecule has 9 rings (SSSR count). The van der Waals surface area contributed by atoms with Crippen LogP contribution in [0.15, 0.2) is 188 Å². The van der Waals surface area contributed by atoms with Crippen molar-refractivity contribution in [1.82, 2.24) is 9.97 Å². The van der Waals surface area contributed by atoms with E-state index in [2.05, 4.69) is 151 Å².